The molecule has 23 heavy (non-hydrogen) atoms. The van der Waals surface area contributed by atoms with Gasteiger partial charge in [-0.3, -0.25) is 4.79 Å². The molecule has 0 unspecified atom stereocenters. The number of hydrogen-bond acceptors (Lipinski definition) is 3. The fourth-order valence-electron chi connectivity index (χ4n) is 2.19. The third kappa shape index (κ3) is 4.96. The van der Waals surface area contributed by atoms with Crippen LogP contribution in [0.15, 0.2) is 46.9 Å². The second kappa shape index (κ2) is 7.97. The number of nitrogens with zero attached hydrogens (tertiary/aromatic N) is 1. The summed E-state index contributed by atoms with van der Waals surface area (Å²) < 4.78 is 19.1. The van der Waals surface area contributed by atoms with Crippen molar-refractivity contribution >= 4 is 27.5 Å². The predicted molar refractivity (Wildman–Crippen MR) is 92.0 cm³/mol. The lowest BCUT2D eigenvalue weighted by Crippen LogP contribution is -2.27. The highest BCUT2D eigenvalue weighted by Crippen LogP contribution is 2.25. The Morgan fingerprint density at radius 1 is 1.26 bits per heavy atom. The molecule has 2 rings (SSSR count). The number of amides is 1. The largest absolute Gasteiger partial charge is 0.497 e. The van der Waals surface area contributed by atoms with Gasteiger partial charge < -0.3 is 15.4 Å². The number of benzene rings is 2. The molecule has 0 atom stereocenters. The summed E-state index contributed by atoms with van der Waals surface area (Å²) in [6.07, 6.45) is 0.241. The molecule has 122 valence electrons. The maximum absolute atomic E-state index is 13.2. The van der Waals surface area contributed by atoms with E-state index in [2.05, 4.69) is 15.9 Å². The topological polar surface area (TPSA) is 55.6 Å². The van der Waals surface area contributed by atoms with Crippen LogP contribution in [0.2, 0.25) is 0 Å². The van der Waals surface area contributed by atoms with E-state index < -0.39 is 0 Å². The third-order valence-electron chi connectivity index (χ3n) is 3.44. The third-order valence-corrected chi connectivity index (χ3v) is 4.18. The first-order chi connectivity index (χ1) is 11.0. The minimum Gasteiger partial charge on any atom is -0.497 e. The van der Waals surface area contributed by atoms with E-state index in [9.17, 15) is 9.18 Å². The van der Waals surface area contributed by atoms with E-state index in [0.29, 0.717) is 17.6 Å². The highest BCUT2D eigenvalue weighted by Gasteiger charge is 2.11. The maximum atomic E-state index is 13.2. The van der Waals surface area contributed by atoms with E-state index in [1.165, 1.54) is 12.1 Å². The molecular weight excluding hydrogens is 363 g/mol. The molecule has 2 N–H and O–H groups in total. The Bertz CT molecular complexity index is 677. The Morgan fingerprint density at radius 3 is 2.52 bits per heavy atom. The van der Waals surface area contributed by atoms with Gasteiger partial charge in [-0.05, 0) is 42.0 Å². The summed E-state index contributed by atoms with van der Waals surface area (Å²) in [5, 5.41) is 0. The van der Waals surface area contributed by atoms with Gasteiger partial charge in [-0.25, -0.2) is 4.39 Å². The summed E-state index contributed by atoms with van der Waals surface area (Å²) in [6, 6.07) is 12.1. The number of carbonyl (C=O) groups excluding carboxylic acids is 1. The number of rotatable bonds is 7. The molecule has 0 aliphatic heterocycles. The Hall–Kier alpha value is -2.08. The molecule has 0 aromatic heterocycles. The van der Waals surface area contributed by atoms with Gasteiger partial charge in [0, 0.05) is 29.7 Å². The van der Waals surface area contributed by atoms with Crippen LogP contribution in [0.4, 0.5) is 10.1 Å². The van der Waals surface area contributed by atoms with Gasteiger partial charge in [0.2, 0.25) is 5.91 Å². The second-order valence-electron chi connectivity index (χ2n) is 5.07. The first kappa shape index (κ1) is 17.3. The van der Waals surface area contributed by atoms with E-state index in [-0.39, 0.29) is 18.1 Å². The first-order valence-corrected chi connectivity index (χ1v) is 7.90. The van der Waals surface area contributed by atoms with Gasteiger partial charge in [0.05, 0.1) is 7.11 Å². The average molecular weight is 381 g/mol. The molecule has 0 saturated carbocycles. The number of anilines is 1. The zero-order valence-corrected chi connectivity index (χ0v) is 14.3. The maximum Gasteiger partial charge on any atom is 0.219 e. The molecule has 6 heteroatoms. The summed E-state index contributed by atoms with van der Waals surface area (Å²) in [4.78, 5) is 13.1. The molecule has 2 aromatic carbocycles. The van der Waals surface area contributed by atoms with Crippen LogP contribution in [-0.4, -0.2) is 19.6 Å². The fourth-order valence-corrected chi connectivity index (χ4v) is 2.67. The van der Waals surface area contributed by atoms with Gasteiger partial charge in [-0.15, -0.1) is 0 Å². The number of hydrogen-bond donors (Lipinski definition) is 1. The van der Waals surface area contributed by atoms with Gasteiger partial charge in [-0.2, -0.15) is 0 Å². The lowest BCUT2D eigenvalue weighted by atomic mass is 10.1. The van der Waals surface area contributed by atoms with Crippen molar-refractivity contribution in [3.05, 3.63) is 58.3 Å². The zero-order chi connectivity index (χ0) is 16.8. The Balaban J connectivity index is 2.23. The zero-order valence-electron chi connectivity index (χ0n) is 12.8. The van der Waals surface area contributed by atoms with Crippen molar-refractivity contribution in [2.45, 2.75) is 13.0 Å². The molecule has 0 spiro atoms. The van der Waals surface area contributed by atoms with Crippen molar-refractivity contribution in [3.63, 3.8) is 0 Å². The van der Waals surface area contributed by atoms with Gasteiger partial charge in [0.15, 0.2) is 0 Å². The fraction of sp³-hybridized carbons (Fsp3) is 0.235. The summed E-state index contributed by atoms with van der Waals surface area (Å²) in [6.45, 7) is 1.01. The SMILES string of the molecule is COc1ccc(N(CCC(N)=O)Cc2ccc(F)cc2Br)cc1. The van der Waals surface area contributed by atoms with Gasteiger partial charge in [0.1, 0.15) is 11.6 Å². The Labute approximate surface area is 143 Å². The number of nitrogens with two attached hydrogens (primary N) is 1. The molecule has 0 heterocycles. The normalized spacial score (nSPS) is 10.4. The van der Waals surface area contributed by atoms with Crippen LogP contribution >= 0.6 is 15.9 Å². The summed E-state index contributed by atoms with van der Waals surface area (Å²) in [5.41, 5.74) is 7.12. The van der Waals surface area contributed by atoms with Crippen LogP contribution in [0.25, 0.3) is 0 Å². The van der Waals surface area contributed by atoms with Crippen LogP contribution in [0.1, 0.15) is 12.0 Å². The number of ether oxygens (including phenoxy) is 1. The standard InChI is InChI=1S/C17H18BrFN2O2/c1-23-15-6-4-14(5-7-15)21(9-8-17(20)22)11-12-2-3-13(19)10-16(12)18/h2-7,10H,8-9,11H2,1H3,(H2,20,22). The molecule has 0 radical (unpaired) electrons. The van der Waals surface area contributed by atoms with Crippen LogP contribution in [0.3, 0.4) is 0 Å². The molecule has 1 amide bonds. The van der Waals surface area contributed by atoms with Crippen molar-refractivity contribution in [2.24, 2.45) is 5.73 Å². The van der Waals surface area contributed by atoms with E-state index in [4.69, 9.17) is 10.5 Å². The molecule has 2 aromatic rings. The first-order valence-electron chi connectivity index (χ1n) is 7.11. The van der Waals surface area contributed by atoms with Crippen LogP contribution in [0, 0.1) is 5.82 Å². The molecule has 0 fully saturated rings. The van der Waals surface area contributed by atoms with Crippen molar-refractivity contribution in [2.75, 3.05) is 18.6 Å². The average Bonchev–Trinajstić information content (AvgIpc) is 2.53. The molecular formula is C17H18BrFN2O2. The smallest absolute Gasteiger partial charge is 0.219 e. The lowest BCUT2D eigenvalue weighted by Gasteiger charge is -2.25. The molecule has 4 nitrogen and oxygen atoms in total. The van der Waals surface area contributed by atoms with Crippen molar-refractivity contribution < 1.29 is 13.9 Å². The number of primary amides is 1. The summed E-state index contributed by atoms with van der Waals surface area (Å²) >= 11 is 3.37. The lowest BCUT2D eigenvalue weighted by molar-refractivity contribution is -0.117. The Morgan fingerprint density at radius 2 is 1.96 bits per heavy atom. The van der Waals surface area contributed by atoms with E-state index in [1.54, 1.807) is 13.2 Å². The highest BCUT2D eigenvalue weighted by molar-refractivity contribution is 9.10. The van der Waals surface area contributed by atoms with Gasteiger partial charge in [0.25, 0.3) is 0 Å². The van der Waals surface area contributed by atoms with Gasteiger partial charge >= 0.3 is 0 Å². The summed E-state index contributed by atoms with van der Waals surface area (Å²) in [7, 11) is 1.61. The van der Waals surface area contributed by atoms with Crippen LogP contribution in [-0.2, 0) is 11.3 Å². The van der Waals surface area contributed by atoms with E-state index >= 15 is 0 Å². The minimum absolute atomic E-state index is 0.241. The number of carbonyl (C=O) groups is 1. The predicted octanol–water partition coefficient (Wildman–Crippen LogP) is 3.48. The van der Waals surface area contributed by atoms with Crippen molar-refractivity contribution in [1.82, 2.24) is 0 Å². The molecule has 0 aliphatic rings. The van der Waals surface area contributed by atoms with Crippen molar-refractivity contribution in [1.29, 1.82) is 0 Å². The van der Waals surface area contributed by atoms with Gasteiger partial charge in [-0.1, -0.05) is 22.0 Å². The number of methoxy groups -OCH3 is 1. The second-order valence-corrected chi connectivity index (χ2v) is 5.93. The Kier molecular flexibility index (Phi) is 5.98. The monoisotopic (exact) mass is 380 g/mol. The molecule has 0 saturated heterocycles. The summed E-state index contributed by atoms with van der Waals surface area (Å²) in [5.74, 6) is 0.0991. The van der Waals surface area contributed by atoms with Crippen LogP contribution < -0.4 is 15.4 Å². The quantitative estimate of drug-likeness (QED) is 0.799. The van der Waals surface area contributed by atoms with Crippen LogP contribution in [0.5, 0.6) is 5.75 Å². The minimum atomic E-state index is -0.360. The molecule has 0 bridgehead atoms. The molecule has 0 aliphatic carbocycles. The highest BCUT2D eigenvalue weighted by atomic mass is 79.9. The number of halogens is 2. The van der Waals surface area contributed by atoms with E-state index in [1.807, 2.05) is 29.2 Å². The van der Waals surface area contributed by atoms with E-state index in [0.717, 1.165) is 17.0 Å². The van der Waals surface area contributed by atoms with Crippen molar-refractivity contribution in [3.8, 4) is 5.75 Å².